The highest BCUT2D eigenvalue weighted by Crippen LogP contribution is 2.35. The van der Waals surface area contributed by atoms with Crippen LogP contribution in [0.1, 0.15) is 28.5 Å². The number of nitrogens with zero attached hydrogens (tertiary/aromatic N) is 2. The predicted octanol–water partition coefficient (Wildman–Crippen LogP) is 4.85. The lowest BCUT2D eigenvalue weighted by atomic mass is 10.0. The highest BCUT2D eigenvalue weighted by molar-refractivity contribution is 5.99. The Kier molecular flexibility index (Phi) is 5.07. The van der Waals surface area contributed by atoms with Gasteiger partial charge in [0, 0.05) is 17.8 Å². The summed E-state index contributed by atoms with van der Waals surface area (Å²) in [6, 6.07) is 15.9. The third-order valence-corrected chi connectivity index (χ3v) is 4.54. The lowest BCUT2D eigenvalue weighted by Gasteiger charge is -2.13. The fourth-order valence-electron chi connectivity index (χ4n) is 3.20. The van der Waals surface area contributed by atoms with Crippen molar-refractivity contribution in [1.29, 1.82) is 0 Å². The van der Waals surface area contributed by atoms with Crippen molar-refractivity contribution in [3.8, 4) is 16.9 Å². The predicted molar refractivity (Wildman–Crippen MR) is 103 cm³/mol. The van der Waals surface area contributed by atoms with Crippen LogP contribution >= 0.6 is 0 Å². The van der Waals surface area contributed by atoms with E-state index < -0.39 is 10.9 Å². The number of nitro benzene ring substituents is 1. The lowest BCUT2D eigenvalue weighted by molar-refractivity contribution is -0.384. The van der Waals surface area contributed by atoms with Crippen LogP contribution in [0.3, 0.4) is 0 Å². The Hall–Kier alpha value is -3.41. The van der Waals surface area contributed by atoms with Crippen LogP contribution in [0.5, 0.6) is 0 Å². The number of rotatable bonds is 5. The minimum absolute atomic E-state index is 0.00468. The number of carbonyl (C=O) groups excluding carboxylic acids is 1. The molecule has 0 atom stereocenters. The van der Waals surface area contributed by atoms with E-state index in [1.165, 1.54) is 12.1 Å². The molecule has 138 valence electrons. The van der Waals surface area contributed by atoms with Gasteiger partial charge in [0.1, 0.15) is 0 Å². The molecule has 0 fully saturated rings. The molecule has 0 amide bonds. The summed E-state index contributed by atoms with van der Waals surface area (Å²) in [4.78, 5) is 23.5. The van der Waals surface area contributed by atoms with Crippen LogP contribution in [-0.2, 0) is 4.74 Å². The number of hydrogen-bond acceptors (Lipinski definition) is 4. The summed E-state index contributed by atoms with van der Waals surface area (Å²) in [6.45, 7) is 5.79. The van der Waals surface area contributed by atoms with Crippen molar-refractivity contribution in [3.63, 3.8) is 0 Å². The maximum absolute atomic E-state index is 12.7. The second-order valence-electron chi connectivity index (χ2n) is 6.13. The molecule has 6 heteroatoms. The fourth-order valence-corrected chi connectivity index (χ4v) is 3.20. The van der Waals surface area contributed by atoms with Crippen LogP contribution in [0.15, 0.2) is 54.6 Å². The summed E-state index contributed by atoms with van der Waals surface area (Å²) in [7, 11) is 0. The Bertz CT molecular complexity index is 1010. The molecule has 0 aliphatic heterocycles. The van der Waals surface area contributed by atoms with Gasteiger partial charge in [-0.15, -0.1) is 0 Å². The zero-order valence-electron chi connectivity index (χ0n) is 15.4. The normalized spacial score (nSPS) is 10.6. The molecule has 0 saturated heterocycles. The van der Waals surface area contributed by atoms with E-state index in [1.54, 1.807) is 19.1 Å². The van der Waals surface area contributed by atoms with Crippen molar-refractivity contribution in [2.24, 2.45) is 0 Å². The number of carbonyl (C=O) groups is 1. The minimum Gasteiger partial charge on any atom is -0.462 e. The fraction of sp³-hybridized carbons (Fsp3) is 0.190. The van der Waals surface area contributed by atoms with Gasteiger partial charge >= 0.3 is 5.97 Å². The van der Waals surface area contributed by atoms with Crippen molar-refractivity contribution in [2.75, 3.05) is 6.61 Å². The van der Waals surface area contributed by atoms with Gasteiger partial charge in [0.15, 0.2) is 0 Å². The van der Waals surface area contributed by atoms with Gasteiger partial charge in [-0.1, -0.05) is 36.4 Å². The summed E-state index contributed by atoms with van der Waals surface area (Å²) >= 11 is 0. The summed E-state index contributed by atoms with van der Waals surface area (Å²) < 4.78 is 7.16. The van der Waals surface area contributed by atoms with E-state index in [0.717, 1.165) is 16.8 Å². The Morgan fingerprint density at radius 3 is 2.44 bits per heavy atom. The monoisotopic (exact) mass is 364 g/mol. The number of esters is 1. The molecule has 0 radical (unpaired) electrons. The van der Waals surface area contributed by atoms with Crippen LogP contribution < -0.4 is 0 Å². The molecule has 0 aliphatic rings. The van der Waals surface area contributed by atoms with E-state index in [9.17, 15) is 14.9 Å². The molecule has 0 spiro atoms. The minimum atomic E-state index is -0.427. The molecule has 3 aromatic rings. The molecule has 3 rings (SSSR count). The van der Waals surface area contributed by atoms with Crippen molar-refractivity contribution < 1.29 is 14.5 Å². The van der Waals surface area contributed by atoms with E-state index in [0.29, 0.717) is 16.9 Å². The maximum Gasteiger partial charge on any atom is 0.340 e. The van der Waals surface area contributed by atoms with E-state index in [-0.39, 0.29) is 12.3 Å². The first-order valence-electron chi connectivity index (χ1n) is 8.65. The molecule has 6 nitrogen and oxygen atoms in total. The van der Waals surface area contributed by atoms with Crippen LogP contribution in [0, 0.1) is 24.0 Å². The van der Waals surface area contributed by atoms with E-state index in [4.69, 9.17) is 4.74 Å². The lowest BCUT2D eigenvalue weighted by Crippen LogP contribution is -2.08. The molecule has 2 aromatic carbocycles. The van der Waals surface area contributed by atoms with E-state index in [1.807, 2.05) is 48.7 Å². The summed E-state index contributed by atoms with van der Waals surface area (Å²) in [5.74, 6) is -0.402. The second kappa shape index (κ2) is 7.45. The number of nitro groups is 1. The van der Waals surface area contributed by atoms with Crippen molar-refractivity contribution in [1.82, 2.24) is 4.57 Å². The van der Waals surface area contributed by atoms with Gasteiger partial charge in [-0.2, -0.15) is 0 Å². The largest absolute Gasteiger partial charge is 0.462 e. The zero-order valence-corrected chi connectivity index (χ0v) is 15.4. The molecule has 0 unspecified atom stereocenters. The van der Waals surface area contributed by atoms with Gasteiger partial charge in [-0.05, 0) is 38.0 Å². The van der Waals surface area contributed by atoms with Crippen molar-refractivity contribution in [2.45, 2.75) is 20.8 Å². The number of aromatic nitrogens is 1. The molecule has 27 heavy (non-hydrogen) atoms. The highest BCUT2D eigenvalue weighted by Gasteiger charge is 2.26. The molecule has 1 aromatic heterocycles. The Balaban J connectivity index is 2.34. The van der Waals surface area contributed by atoms with E-state index in [2.05, 4.69) is 0 Å². The summed E-state index contributed by atoms with van der Waals surface area (Å²) in [5, 5.41) is 11.2. The third kappa shape index (κ3) is 3.33. The van der Waals surface area contributed by atoms with Crippen molar-refractivity contribution in [3.05, 3.63) is 81.5 Å². The van der Waals surface area contributed by atoms with Gasteiger partial charge in [-0.25, -0.2) is 4.79 Å². The van der Waals surface area contributed by atoms with Gasteiger partial charge in [0.2, 0.25) is 0 Å². The SMILES string of the molecule is CCOC(=O)c1c(C)c(C)n(-c2cccc([N+](=O)[O-])c2)c1-c1ccccc1. The van der Waals surface area contributed by atoms with E-state index >= 15 is 0 Å². The number of ether oxygens (including phenoxy) is 1. The summed E-state index contributed by atoms with van der Waals surface area (Å²) in [5.41, 5.74) is 4.23. The molecule has 0 bridgehead atoms. The highest BCUT2D eigenvalue weighted by atomic mass is 16.6. The Morgan fingerprint density at radius 1 is 1.11 bits per heavy atom. The maximum atomic E-state index is 12.7. The quantitative estimate of drug-likeness (QED) is 0.369. The molecular formula is C21H20N2O4. The van der Waals surface area contributed by atoms with Crippen LogP contribution in [0.2, 0.25) is 0 Å². The van der Waals surface area contributed by atoms with Crippen LogP contribution in [0.4, 0.5) is 5.69 Å². The average Bonchev–Trinajstić information content (AvgIpc) is 2.94. The van der Waals surface area contributed by atoms with Gasteiger partial charge in [-0.3, -0.25) is 10.1 Å². The first-order valence-corrected chi connectivity index (χ1v) is 8.65. The molecular weight excluding hydrogens is 344 g/mol. The van der Waals surface area contributed by atoms with Crippen LogP contribution in [0.25, 0.3) is 16.9 Å². The third-order valence-electron chi connectivity index (χ3n) is 4.54. The molecule has 1 heterocycles. The van der Waals surface area contributed by atoms with Gasteiger partial charge in [0.05, 0.1) is 28.5 Å². The topological polar surface area (TPSA) is 74.4 Å². The average molecular weight is 364 g/mol. The Morgan fingerprint density at radius 2 is 1.81 bits per heavy atom. The zero-order chi connectivity index (χ0) is 19.6. The first kappa shape index (κ1) is 18.4. The standard InChI is InChI=1S/C21H20N2O4/c1-4-27-21(24)19-14(2)15(3)22(20(19)16-9-6-5-7-10-16)17-11-8-12-18(13-17)23(25)26/h5-13H,4H2,1-3H3. The van der Waals surface area contributed by atoms with Gasteiger partial charge in [0.25, 0.3) is 5.69 Å². The van der Waals surface area contributed by atoms with Crippen molar-refractivity contribution >= 4 is 11.7 Å². The van der Waals surface area contributed by atoms with Gasteiger partial charge < -0.3 is 9.30 Å². The number of non-ortho nitro benzene ring substituents is 1. The second-order valence-corrected chi connectivity index (χ2v) is 6.13. The smallest absolute Gasteiger partial charge is 0.340 e. The number of hydrogen-bond donors (Lipinski definition) is 0. The Labute approximate surface area is 157 Å². The first-order chi connectivity index (χ1) is 13.0. The molecule has 0 N–H and O–H groups in total. The summed E-state index contributed by atoms with van der Waals surface area (Å²) in [6.07, 6.45) is 0. The number of benzene rings is 2. The molecule has 0 saturated carbocycles. The van der Waals surface area contributed by atoms with Crippen LogP contribution in [-0.4, -0.2) is 22.1 Å². The molecule has 0 aliphatic carbocycles.